The van der Waals surface area contributed by atoms with Crippen LogP contribution in [0.3, 0.4) is 0 Å². The zero-order valence-corrected chi connectivity index (χ0v) is 32.9. The Morgan fingerprint density at radius 3 is 1.36 bits per heavy atom. The first-order valence-corrected chi connectivity index (χ1v) is 18.7. The highest BCUT2D eigenvalue weighted by molar-refractivity contribution is 5.86. The molecule has 2 aliphatic heterocycles. The number of rotatable bonds is 8. The van der Waals surface area contributed by atoms with Gasteiger partial charge in [0.05, 0.1) is 12.1 Å². The monoisotopic (exact) mass is 746 g/mol. The molecule has 0 amide bonds. The van der Waals surface area contributed by atoms with Gasteiger partial charge in [-0.2, -0.15) is 0 Å². The van der Waals surface area contributed by atoms with E-state index in [1.807, 2.05) is 0 Å². The summed E-state index contributed by atoms with van der Waals surface area (Å²) in [4.78, 5) is 5.29. The average molecular weight is 748 g/mol. The molecular weight excluding hydrogens is 695 g/mol. The summed E-state index contributed by atoms with van der Waals surface area (Å²) in [6.45, 7) is 15.0. The fourth-order valence-electron chi connectivity index (χ4n) is 8.41. The van der Waals surface area contributed by atoms with Crippen molar-refractivity contribution >= 4 is 46.4 Å². The third kappa shape index (κ3) is 8.42. The summed E-state index contributed by atoms with van der Waals surface area (Å²) < 4.78 is 6.84. The van der Waals surface area contributed by atoms with Crippen LogP contribution in [0.5, 0.6) is 11.5 Å². The highest BCUT2D eigenvalue weighted by Crippen LogP contribution is 2.39. The Bertz CT molecular complexity index is 2020. The zero-order valence-electron chi connectivity index (χ0n) is 31.2. The fourth-order valence-corrected chi connectivity index (χ4v) is 8.41. The van der Waals surface area contributed by atoms with Crippen molar-refractivity contribution in [1.82, 2.24) is 20.4 Å². The molecule has 6 aromatic rings. The maximum absolute atomic E-state index is 6.84. The molecule has 276 valence electrons. The molecule has 0 bridgehead atoms. The average Bonchev–Trinajstić information content (AvgIpc) is 3.14. The van der Waals surface area contributed by atoms with Gasteiger partial charge in [-0.3, -0.25) is 9.80 Å². The Morgan fingerprint density at radius 2 is 0.943 bits per heavy atom. The third-order valence-corrected chi connectivity index (χ3v) is 11.0. The van der Waals surface area contributed by atoms with Gasteiger partial charge in [-0.05, 0) is 119 Å². The first-order chi connectivity index (χ1) is 24.9. The van der Waals surface area contributed by atoms with Crippen LogP contribution in [0.4, 0.5) is 0 Å². The van der Waals surface area contributed by atoms with E-state index in [2.05, 4.69) is 169 Å². The lowest BCUT2D eigenvalue weighted by Gasteiger charge is -2.39. The number of halogens is 2. The quantitative estimate of drug-likeness (QED) is 0.162. The smallest absolute Gasteiger partial charge is 0.127 e. The number of fused-ring (bicyclic) bond motifs is 2. The Balaban J connectivity index is 0.00000240. The molecule has 0 aromatic heterocycles. The normalized spacial score (nSPS) is 19.2. The molecule has 0 spiro atoms. The van der Waals surface area contributed by atoms with E-state index in [9.17, 15) is 0 Å². The first-order valence-electron chi connectivity index (χ1n) is 18.7. The Hall–Kier alpha value is -3.94. The second kappa shape index (κ2) is 17.0. The van der Waals surface area contributed by atoms with Gasteiger partial charge in [0.25, 0.3) is 0 Å². The summed E-state index contributed by atoms with van der Waals surface area (Å²) >= 11 is 0. The number of nitrogens with one attached hydrogen (secondary N) is 2. The molecular formula is C46H52Cl2N4O. The molecule has 2 N–H and O–H groups in total. The fraction of sp³-hybridized carbons (Fsp3) is 0.304. The van der Waals surface area contributed by atoms with Crippen LogP contribution in [0.1, 0.15) is 59.3 Å². The summed E-state index contributed by atoms with van der Waals surface area (Å²) in [5, 5.41) is 12.4. The summed E-state index contributed by atoms with van der Waals surface area (Å²) in [6, 6.07) is 45.8. The molecule has 6 aromatic carbocycles. The van der Waals surface area contributed by atoms with Gasteiger partial charge in [0.1, 0.15) is 11.5 Å². The van der Waals surface area contributed by atoms with Gasteiger partial charge in [0.15, 0.2) is 0 Å². The zero-order chi connectivity index (χ0) is 34.9. The van der Waals surface area contributed by atoms with Crippen LogP contribution < -0.4 is 15.4 Å². The number of nitrogens with zero attached hydrogens (tertiary/aromatic N) is 2. The van der Waals surface area contributed by atoms with E-state index in [4.69, 9.17) is 4.74 Å². The van der Waals surface area contributed by atoms with Crippen LogP contribution in [0.15, 0.2) is 121 Å². The third-order valence-electron chi connectivity index (χ3n) is 11.0. The van der Waals surface area contributed by atoms with E-state index in [0.717, 1.165) is 50.8 Å². The second-order valence-electron chi connectivity index (χ2n) is 14.9. The van der Waals surface area contributed by atoms with E-state index in [0.29, 0.717) is 12.1 Å². The van der Waals surface area contributed by atoms with Crippen LogP contribution in [0.2, 0.25) is 0 Å². The SMILES string of the molecule is Cc1ccc(Oc2ccc(C)c(C(c3ccc4ccccc4c3)N3CCNC(C)C3)c2)cc1C(c1ccc2ccccc2c1)N1CCNC(C)C1.Cl.Cl. The molecule has 0 saturated carbocycles. The predicted octanol–water partition coefficient (Wildman–Crippen LogP) is 10.0. The molecule has 2 saturated heterocycles. The van der Waals surface area contributed by atoms with Gasteiger partial charge in [-0.15, -0.1) is 24.8 Å². The minimum atomic E-state index is 0. The van der Waals surface area contributed by atoms with Gasteiger partial charge in [0.2, 0.25) is 0 Å². The van der Waals surface area contributed by atoms with Crippen LogP contribution in [0, 0.1) is 13.8 Å². The van der Waals surface area contributed by atoms with E-state index in [1.54, 1.807) is 0 Å². The minimum absolute atomic E-state index is 0. The second-order valence-corrected chi connectivity index (χ2v) is 14.9. The molecule has 2 heterocycles. The minimum Gasteiger partial charge on any atom is -0.457 e. The first kappa shape index (κ1) is 38.8. The lowest BCUT2D eigenvalue weighted by molar-refractivity contribution is 0.169. The summed E-state index contributed by atoms with van der Waals surface area (Å²) in [7, 11) is 0. The van der Waals surface area contributed by atoms with E-state index in [1.165, 1.54) is 54.9 Å². The molecule has 5 nitrogen and oxygen atoms in total. The Morgan fingerprint density at radius 1 is 0.528 bits per heavy atom. The number of aryl methyl sites for hydroxylation is 2. The van der Waals surface area contributed by atoms with Crippen molar-refractivity contribution < 1.29 is 4.74 Å². The summed E-state index contributed by atoms with van der Waals surface area (Å²) in [5.41, 5.74) is 7.80. The molecule has 4 unspecified atom stereocenters. The van der Waals surface area contributed by atoms with Crippen molar-refractivity contribution in [3.63, 3.8) is 0 Å². The molecule has 0 radical (unpaired) electrons. The van der Waals surface area contributed by atoms with Gasteiger partial charge in [-0.1, -0.05) is 84.9 Å². The predicted molar refractivity (Wildman–Crippen MR) is 227 cm³/mol. The number of ether oxygens (including phenoxy) is 1. The number of hydrogen-bond donors (Lipinski definition) is 2. The van der Waals surface area contributed by atoms with E-state index < -0.39 is 0 Å². The van der Waals surface area contributed by atoms with Gasteiger partial charge in [0, 0.05) is 51.4 Å². The molecule has 4 atom stereocenters. The highest BCUT2D eigenvalue weighted by atomic mass is 35.5. The van der Waals surface area contributed by atoms with Crippen molar-refractivity contribution in [3.05, 3.63) is 155 Å². The van der Waals surface area contributed by atoms with Crippen LogP contribution in [-0.2, 0) is 0 Å². The molecule has 7 heteroatoms. The molecule has 2 aliphatic rings. The topological polar surface area (TPSA) is 39.8 Å². The standard InChI is InChI=1S/C46H50N4O.2ClH/c1-31-13-19-41(27-43(31)45(49-23-21-47-33(3)29-49)39-17-15-35-9-5-7-11-37(35)25-39)51-42-20-14-32(2)44(28-42)46(50-24-22-48-34(4)30-50)40-18-16-36-10-6-8-12-38(36)26-40;;/h5-20,25-28,33-34,45-48H,21-24,29-30H2,1-4H3;2*1H. The van der Waals surface area contributed by atoms with Crippen molar-refractivity contribution in [2.45, 2.75) is 51.9 Å². The van der Waals surface area contributed by atoms with Crippen LogP contribution in [0.25, 0.3) is 21.5 Å². The number of hydrogen-bond acceptors (Lipinski definition) is 5. The number of benzene rings is 6. The van der Waals surface area contributed by atoms with Crippen molar-refractivity contribution in [3.8, 4) is 11.5 Å². The Labute approximate surface area is 327 Å². The summed E-state index contributed by atoms with van der Waals surface area (Å²) in [5.74, 6) is 1.75. The molecule has 53 heavy (non-hydrogen) atoms. The largest absolute Gasteiger partial charge is 0.457 e. The maximum Gasteiger partial charge on any atom is 0.127 e. The van der Waals surface area contributed by atoms with Crippen LogP contribution >= 0.6 is 24.8 Å². The number of piperazine rings is 2. The highest BCUT2D eigenvalue weighted by Gasteiger charge is 2.30. The molecule has 2 fully saturated rings. The van der Waals surface area contributed by atoms with Crippen LogP contribution in [-0.4, -0.2) is 61.2 Å². The maximum atomic E-state index is 6.84. The van der Waals surface area contributed by atoms with Gasteiger partial charge >= 0.3 is 0 Å². The van der Waals surface area contributed by atoms with Crippen molar-refractivity contribution in [2.24, 2.45) is 0 Å². The molecule has 8 rings (SSSR count). The van der Waals surface area contributed by atoms with Gasteiger partial charge in [-0.25, -0.2) is 0 Å². The van der Waals surface area contributed by atoms with Crippen molar-refractivity contribution in [2.75, 3.05) is 39.3 Å². The summed E-state index contributed by atoms with van der Waals surface area (Å²) in [6.07, 6.45) is 0. The Kier molecular flexibility index (Phi) is 12.5. The van der Waals surface area contributed by atoms with Crippen molar-refractivity contribution in [1.29, 1.82) is 0 Å². The van der Waals surface area contributed by atoms with E-state index in [-0.39, 0.29) is 36.9 Å². The molecule has 0 aliphatic carbocycles. The lowest BCUT2D eigenvalue weighted by atomic mass is 9.90. The lowest BCUT2D eigenvalue weighted by Crippen LogP contribution is -2.50. The van der Waals surface area contributed by atoms with Gasteiger partial charge < -0.3 is 15.4 Å². The van der Waals surface area contributed by atoms with E-state index >= 15 is 0 Å².